The van der Waals surface area contributed by atoms with E-state index in [0.29, 0.717) is 5.56 Å². The molecule has 0 aliphatic heterocycles. The third kappa shape index (κ3) is 5.55. The van der Waals surface area contributed by atoms with E-state index >= 15 is 0 Å². The molecule has 0 spiro atoms. The summed E-state index contributed by atoms with van der Waals surface area (Å²) in [4.78, 5) is 29.2. The highest BCUT2D eigenvalue weighted by molar-refractivity contribution is 7.39. The zero-order valence-corrected chi connectivity index (χ0v) is 13.5. The summed E-state index contributed by atoms with van der Waals surface area (Å²) >= 11 is 0. The normalized spacial score (nSPS) is 10.8. The van der Waals surface area contributed by atoms with Gasteiger partial charge in [0.1, 0.15) is 0 Å². The lowest BCUT2D eigenvalue weighted by Gasteiger charge is -2.26. The van der Waals surface area contributed by atoms with Gasteiger partial charge in [0, 0.05) is 5.41 Å². The molecule has 1 aromatic carbocycles. The van der Waals surface area contributed by atoms with E-state index < -0.39 is 20.0 Å². The molecule has 0 saturated heterocycles. The van der Waals surface area contributed by atoms with Gasteiger partial charge in [0.25, 0.3) is 0 Å². The molecule has 2 N–H and O–H groups in total. The second kappa shape index (κ2) is 9.03. The number of methoxy groups -OCH3 is 1. The zero-order chi connectivity index (χ0) is 15.8. The summed E-state index contributed by atoms with van der Waals surface area (Å²) in [5, 5.41) is 0. The predicted molar refractivity (Wildman–Crippen MR) is 79.5 cm³/mol. The van der Waals surface area contributed by atoms with E-state index in [-0.39, 0.29) is 6.61 Å². The first kappa shape index (κ1) is 19.0. The van der Waals surface area contributed by atoms with Gasteiger partial charge in [-0.25, -0.2) is 4.79 Å². The second-order valence-electron chi connectivity index (χ2n) is 4.45. The van der Waals surface area contributed by atoms with E-state index in [1.807, 2.05) is 33.8 Å². The van der Waals surface area contributed by atoms with Gasteiger partial charge in [-0.2, -0.15) is 0 Å². The number of benzene rings is 1. The average Bonchev–Trinajstić information content (AvgIpc) is 2.46. The molecule has 0 heterocycles. The zero-order valence-electron chi connectivity index (χ0n) is 12.6. The fourth-order valence-electron chi connectivity index (χ4n) is 1.66. The van der Waals surface area contributed by atoms with Gasteiger partial charge in [0.2, 0.25) is 0 Å². The van der Waals surface area contributed by atoms with Crippen LogP contribution in [-0.4, -0.2) is 29.5 Å². The van der Waals surface area contributed by atoms with Gasteiger partial charge in [-0.1, -0.05) is 45.9 Å². The number of esters is 1. The minimum atomic E-state index is -2.40. The molecule has 0 fully saturated rings. The van der Waals surface area contributed by atoms with E-state index in [1.165, 1.54) is 7.11 Å². The second-order valence-corrected chi connectivity index (χ2v) is 5.21. The molecule has 6 heteroatoms. The van der Waals surface area contributed by atoms with Gasteiger partial charge in [0.15, 0.2) is 0 Å². The Bertz CT molecular complexity index is 418. The smallest absolute Gasteiger partial charge is 0.338 e. The van der Waals surface area contributed by atoms with Crippen molar-refractivity contribution in [3.8, 4) is 0 Å². The fraction of sp³-hybridized carbons (Fsp3) is 0.500. The SMILES string of the molecule is CC.COC(=O)c1ccccc1C(C)(C)COP(O)O. The standard InChI is InChI=1S/C12H17O5P.C2H6/c1-12(2,8-17-18(14)15)10-7-5-4-6-9(10)11(13)16-3;1-2/h4-7,14-15H,8H2,1-3H3;1-2H3. The van der Waals surface area contributed by atoms with E-state index in [0.717, 1.165) is 5.56 Å². The van der Waals surface area contributed by atoms with Crippen molar-refractivity contribution in [1.29, 1.82) is 0 Å². The summed E-state index contributed by atoms with van der Waals surface area (Å²) in [6.45, 7) is 7.81. The van der Waals surface area contributed by atoms with Crippen LogP contribution in [0.2, 0.25) is 0 Å². The maximum absolute atomic E-state index is 11.7. The van der Waals surface area contributed by atoms with Crippen molar-refractivity contribution in [1.82, 2.24) is 0 Å². The van der Waals surface area contributed by atoms with Crippen molar-refractivity contribution in [2.75, 3.05) is 13.7 Å². The van der Waals surface area contributed by atoms with Gasteiger partial charge in [-0.15, -0.1) is 0 Å². The molecule has 5 nitrogen and oxygen atoms in total. The number of ether oxygens (including phenoxy) is 1. The molecule has 114 valence electrons. The first-order chi connectivity index (χ1) is 9.38. The average molecular weight is 302 g/mol. The Balaban J connectivity index is 0.00000172. The summed E-state index contributed by atoms with van der Waals surface area (Å²) in [5.41, 5.74) is 0.666. The van der Waals surface area contributed by atoms with Crippen LogP contribution in [0.3, 0.4) is 0 Å². The Hall–Kier alpha value is -1.00. The summed E-state index contributed by atoms with van der Waals surface area (Å²) in [6.07, 6.45) is 0. The molecule has 0 aromatic heterocycles. The molecule has 20 heavy (non-hydrogen) atoms. The number of rotatable bonds is 5. The summed E-state index contributed by atoms with van der Waals surface area (Å²) in [7, 11) is -1.08. The molecular weight excluding hydrogens is 279 g/mol. The van der Waals surface area contributed by atoms with Crippen LogP contribution in [0.1, 0.15) is 43.6 Å². The Morgan fingerprint density at radius 2 is 1.80 bits per heavy atom. The van der Waals surface area contributed by atoms with Crippen LogP contribution in [0.5, 0.6) is 0 Å². The Morgan fingerprint density at radius 1 is 1.25 bits per heavy atom. The first-order valence-corrected chi connectivity index (χ1v) is 7.53. The molecule has 0 radical (unpaired) electrons. The van der Waals surface area contributed by atoms with Crippen LogP contribution < -0.4 is 0 Å². The topological polar surface area (TPSA) is 76.0 Å². The molecule has 1 rings (SSSR count). The van der Waals surface area contributed by atoms with Gasteiger partial charge in [0.05, 0.1) is 19.3 Å². The minimum absolute atomic E-state index is 0.0969. The monoisotopic (exact) mass is 302 g/mol. The lowest BCUT2D eigenvalue weighted by atomic mass is 9.82. The van der Waals surface area contributed by atoms with E-state index in [9.17, 15) is 4.79 Å². The Labute approximate surface area is 121 Å². The van der Waals surface area contributed by atoms with E-state index in [1.54, 1.807) is 18.2 Å². The van der Waals surface area contributed by atoms with Crippen LogP contribution in [-0.2, 0) is 14.7 Å². The van der Waals surface area contributed by atoms with Crippen LogP contribution in [0.15, 0.2) is 24.3 Å². The number of hydrogen-bond acceptors (Lipinski definition) is 5. The summed E-state index contributed by atoms with van der Waals surface area (Å²) in [6, 6.07) is 7.03. The number of carbonyl (C=O) groups is 1. The quantitative estimate of drug-likeness (QED) is 0.646. The molecule has 0 aliphatic carbocycles. The van der Waals surface area contributed by atoms with Crippen molar-refractivity contribution >= 4 is 14.6 Å². The Morgan fingerprint density at radius 3 is 2.30 bits per heavy atom. The lowest BCUT2D eigenvalue weighted by Crippen LogP contribution is -2.26. The maximum Gasteiger partial charge on any atom is 0.338 e. The van der Waals surface area contributed by atoms with Gasteiger partial charge < -0.3 is 19.0 Å². The highest BCUT2D eigenvalue weighted by Gasteiger charge is 2.27. The van der Waals surface area contributed by atoms with Gasteiger partial charge in [-0.05, 0) is 11.6 Å². The Kier molecular flexibility index (Phi) is 8.58. The van der Waals surface area contributed by atoms with Crippen LogP contribution in [0, 0.1) is 0 Å². The molecular formula is C14H23O5P. The molecule has 0 saturated carbocycles. The third-order valence-electron chi connectivity index (χ3n) is 2.60. The van der Waals surface area contributed by atoms with Crippen molar-refractivity contribution in [3.63, 3.8) is 0 Å². The molecule has 0 atom stereocenters. The number of carbonyl (C=O) groups excluding carboxylic acids is 1. The van der Waals surface area contributed by atoms with E-state index in [2.05, 4.69) is 0 Å². The van der Waals surface area contributed by atoms with Crippen LogP contribution in [0.25, 0.3) is 0 Å². The lowest BCUT2D eigenvalue weighted by molar-refractivity contribution is 0.0597. The molecule has 0 aliphatic rings. The largest absolute Gasteiger partial charge is 0.465 e. The van der Waals surface area contributed by atoms with Gasteiger partial charge in [-0.3, -0.25) is 0 Å². The maximum atomic E-state index is 11.7. The summed E-state index contributed by atoms with van der Waals surface area (Å²) < 4.78 is 9.58. The molecule has 0 amide bonds. The van der Waals surface area contributed by atoms with Gasteiger partial charge >= 0.3 is 14.6 Å². The third-order valence-corrected chi connectivity index (χ3v) is 2.96. The van der Waals surface area contributed by atoms with Crippen molar-refractivity contribution < 1.29 is 23.8 Å². The molecule has 0 bridgehead atoms. The van der Waals surface area contributed by atoms with E-state index in [4.69, 9.17) is 19.0 Å². The fourth-order valence-corrected chi connectivity index (χ4v) is 2.10. The van der Waals surface area contributed by atoms with Crippen LogP contribution >= 0.6 is 8.60 Å². The van der Waals surface area contributed by atoms with Crippen molar-refractivity contribution in [3.05, 3.63) is 35.4 Å². The predicted octanol–water partition coefficient (Wildman–Crippen LogP) is 3.01. The van der Waals surface area contributed by atoms with Crippen molar-refractivity contribution in [2.45, 2.75) is 33.1 Å². The molecule has 0 unspecified atom stereocenters. The number of hydrogen-bond donors (Lipinski definition) is 2. The highest BCUT2D eigenvalue weighted by atomic mass is 31.2. The molecule has 1 aromatic rings. The van der Waals surface area contributed by atoms with Crippen LogP contribution in [0.4, 0.5) is 0 Å². The van der Waals surface area contributed by atoms with Crippen molar-refractivity contribution in [2.24, 2.45) is 0 Å². The minimum Gasteiger partial charge on any atom is -0.465 e. The highest BCUT2D eigenvalue weighted by Crippen LogP contribution is 2.33. The summed E-state index contributed by atoms with van der Waals surface area (Å²) in [5.74, 6) is -0.422. The first-order valence-electron chi connectivity index (χ1n) is 6.37.